The Labute approximate surface area is 151 Å². The Balaban J connectivity index is 1.17. The van der Waals surface area contributed by atoms with Gasteiger partial charge < -0.3 is 30.2 Å². The van der Waals surface area contributed by atoms with Gasteiger partial charge in [0.2, 0.25) is 25.8 Å². The summed E-state index contributed by atoms with van der Waals surface area (Å²) >= 11 is 0. The number of nitrogens with one attached hydrogen (secondary N) is 2. The summed E-state index contributed by atoms with van der Waals surface area (Å²) < 4.78 is 4.71. The van der Waals surface area contributed by atoms with Crippen LogP contribution >= 0.6 is 0 Å². The van der Waals surface area contributed by atoms with E-state index in [1.807, 2.05) is 0 Å². The van der Waals surface area contributed by atoms with Gasteiger partial charge in [-0.3, -0.25) is 9.80 Å². The third kappa shape index (κ3) is 1.53. The molecule has 7 rings (SSSR count). The van der Waals surface area contributed by atoms with Gasteiger partial charge in [0.05, 0.1) is 26.7 Å². The van der Waals surface area contributed by atoms with Crippen LogP contribution in [0.15, 0.2) is 36.4 Å². The van der Waals surface area contributed by atoms with Crippen molar-refractivity contribution in [1.29, 1.82) is 0 Å². The molecule has 0 amide bonds. The molecule has 0 radical (unpaired) electrons. The number of fused-ring (bicyclic) bond motifs is 6. The second-order valence-electron chi connectivity index (χ2n) is 7.89. The normalized spacial score (nSPS) is 28.9. The quantitative estimate of drug-likeness (QED) is 0.468. The highest BCUT2D eigenvalue weighted by molar-refractivity contribution is 6.11. The van der Waals surface area contributed by atoms with Gasteiger partial charge in [0, 0.05) is 24.8 Å². The minimum atomic E-state index is -0.210. The molecule has 3 saturated heterocycles. The smallest absolute Gasteiger partial charge is 0.337 e. The first kappa shape index (κ1) is 13.2. The van der Waals surface area contributed by atoms with Crippen LogP contribution in [0, 0.1) is 0 Å². The van der Waals surface area contributed by atoms with Crippen molar-refractivity contribution in [2.45, 2.75) is 5.91 Å². The van der Waals surface area contributed by atoms with Crippen LogP contribution in [0.5, 0.6) is 0 Å². The molecule has 0 atom stereocenters. The fraction of sp³-hybridized carbons (Fsp3) is 0.500. The average molecular weight is 354 g/mol. The lowest BCUT2D eigenvalue weighted by Gasteiger charge is -2.57. The minimum Gasteiger partial charge on any atom is -0.341 e. The zero-order chi connectivity index (χ0) is 16.9. The Bertz CT molecular complexity index is 785. The van der Waals surface area contributed by atoms with Crippen molar-refractivity contribution in [2.24, 2.45) is 0 Å². The maximum atomic E-state index is 3.58. The zero-order valence-electron chi connectivity index (χ0n) is 14.5. The van der Waals surface area contributed by atoms with E-state index < -0.39 is 0 Å². The van der Waals surface area contributed by atoms with E-state index in [0.717, 1.165) is 46.7 Å². The maximum absolute atomic E-state index is 3.58. The molecule has 10 nitrogen and oxygen atoms in total. The van der Waals surface area contributed by atoms with Crippen molar-refractivity contribution in [3.8, 4) is 0 Å². The fourth-order valence-electron chi connectivity index (χ4n) is 4.78. The summed E-state index contributed by atoms with van der Waals surface area (Å²) in [5.41, 5.74) is 0. The summed E-state index contributed by atoms with van der Waals surface area (Å²) in [7, 11) is 0. The van der Waals surface area contributed by atoms with Gasteiger partial charge in [0.15, 0.2) is 11.6 Å². The van der Waals surface area contributed by atoms with Gasteiger partial charge in [-0.25, -0.2) is 0 Å². The van der Waals surface area contributed by atoms with Crippen LogP contribution in [0.3, 0.4) is 0 Å². The van der Waals surface area contributed by atoms with Gasteiger partial charge in [-0.15, -0.1) is 0 Å². The molecule has 0 saturated carbocycles. The summed E-state index contributed by atoms with van der Waals surface area (Å²) in [6.07, 6.45) is 13.2. The predicted molar refractivity (Wildman–Crippen MR) is 92.1 cm³/mol. The largest absolute Gasteiger partial charge is 0.341 e. The highest BCUT2D eigenvalue weighted by Crippen LogP contribution is 2.50. The molecule has 7 aliphatic heterocycles. The van der Waals surface area contributed by atoms with Crippen LogP contribution < -0.4 is 10.6 Å². The Morgan fingerprint density at radius 3 is 1.73 bits per heavy atom. The Morgan fingerprint density at radius 2 is 1.19 bits per heavy atom. The molecule has 0 unspecified atom stereocenters. The molecule has 7 aliphatic rings. The molecule has 0 aromatic heterocycles. The van der Waals surface area contributed by atoms with Crippen molar-refractivity contribution in [3.63, 3.8) is 0 Å². The van der Waals surface area contributed by atoms with Crippen molar-refractivity contribution in [1.82, 2.24) is 40.0 Å². The summed E-state index contributed by atoms with van der Waals surface area (Å²) in [5, 5.41) is 7.15. The van der Waals surface area contributed by atoms with Crippen molar-refractivity contribution >= 4 is 12.4 Å². The second kappa shape index (κ2) is 4.19. The fourth-order valence-corrected chi connectivity index (χ4v) is 4.78. The standard InChI is InChI=1S/C16H20N10/c1-2-20-7-19(1)8-21-3-5-23(10-21)12-25-14-15-18-16(25,17-14)26(15)13-24-6-4-22(9-20)11-24/h1-6H,7-13H2/p+2. The summed E-state index contributed by atoms with van der Waals surface area (Å²) in [5.74, 6) is 2.26. The lowest BCUT2D eigenvalue weighted by atomic mass is 10.3. The SMILES string of the molecule is C1=CN2CN1CN1C3=C4NC1(N3)N4CN1C=CN(C1)C[N+]1=CC=[N+](C2)C1. The van der Waals surface area contributed by atoms with Gasteiger partial charge in [0.25, 0.3) is 5.91 Å². The lowest BCUT2D eigenvalue weighted by Crippen LogP contribution is -2.83. The first-order valence-electron chi connectivity index (χ1n) is 9.12. The van der Waals surface area contributed by atoms with Crippen molar-refractivity contribution < 1.29 is 9.15 Å². The van der Waals surface area contributed by atoms with Crippen LogP contribution in [-0.2, 0) is 0 Å². The number of hydrogen-bond donors (Lipinski definition) is 2. The maximum Gasteiger partial charge on any atom is 0.337 e. The Hall–Kier alpha value is -3.04. The van der Waals surface area contributed by atoms with Crippen LogP contribution in [0.4, 0.5) is 0 Å². The molecule has 1 spiro atoms. The number of rotatable bonds is 0. The predicted octanol–water partition coefficient (Wildman–Crippen LogP) is -2.38. The molecule has 0 aliphatic carbocycles. The van der Waals surface area contributed by atoms with Crippen LogP contribution in [0.2, 0.25) is 0 Å². The lowest BCUT2D eigenvalue weighted by molar-refractivity contribution is -0.724. The number of nitrogens with zero attached hydrogens (tertiary/aromatic N) is 8. The highest BCUT2D eigenvalue weighted by atomic mass is 15.9. The molecule has 26 heavy (non-hydrogen) atoms. The van der Waals surface area contributed by atoms with Gasteiger partial charge >= 0.3 is 6.67 Å². The topological polar surface area (TPSA) is 49.5 Å². The first-order chi connectivity index (χ1) is 12.8. The third-order valence-corrected chi connectivity index (χ3v) is 6.06. The first-order valence-corrected chi connectivity index (χ1v) is 9.12. The molecule has 7 heterocycles. The summed E-state index contributed by atoms with van der Waals surface area (Å²) in [6.45, 7) is 6.43. The molecular formula is C16H22N10+2. The van der Waals surface area contributed by atoms with Gasteiger partial charge in [0.1, 0.15) is 0 Å². The van der Waals surface area contributed by atoms with E-state index in [-0.39, 0.29) is 5.91 Å². The van der Waals surface area contributed by atoms with Crippen LogP contribution in [0.25, 0.3) is 0 Å². The van der Waals surface area contributed by atoms with E-state index >= 15 is 0 Å². The van der Waals surface area contributed by atoms with E-state index in [9.17, 15) is 0 Å². The van der Waals surface area contributed by atoms with Crippen molar-refractivity contribution in [3.05, 3.63) is 36.4 Å². The van der Waals surface area contributed by atoms with E-state index in [4.69, 9.17) is 0 Å². The molecule has 2 N–H and O–H groups in total. The van der Waals surface area contributed by atoms with Crippen molar-refractivity contribution in [2.75, 3.05) is 46.7 Å². The molecule has 11 bridgehead atoms. The molecule has 0 aromatic rings. The monoisotopic (exact) mass is 354 g/mol. The van der Waals surface area contributed by atoms with Gasteiger partial charge in [-0.2, -0.15) is 9.15 Å². The average Bonchev–Trinajstić information content (AvgIpc) is 3.41. The zero-order valence-corrected chi connectivity index (χ0v) is 14.5. The Kier molecular flexibility index (Phi) is 2.13. The van der Waals surface area contributed by atoms with Crippen LogP contribution in [0.1, 0.15) is 0 Å². The minimum absolute atomic E-state index is 0.210. The van der Waals surface area contributed by atoms with E-state index in [1.165, 1.54) is 11.6 Å². The second-order valence-corrected chi connectivity index (χ2v) is 7.89. The van der Waals surface area contributed by atoms with E-state index in [1.54, 1.807) is 0 Å². The Morgan fingerprint density at radius 1 is 0.692 bits per heavy atom. The van der Waals surface area contributed by atoms with E-state index in [2.05, 4.69) is 86.4 Å². The molecule has 10 heteroatoms. The molecule has 3 fully saturated rings. The molecule has 0 aromatic carbocycles. The number of hydrogen-bond acceptors (Lipinski definition) is 8. The summed E-state index contributed by atoms with van der Waals surface area (Å²) in [6, 6.07) is 0. The molecular weight excluding hydrogens is 332 g/mol. The van der Waals surface area contributed by atoms with Gasteiger partial charge in [-0.1, -0.05) is 0 Å². The molecule has 134 valence electrons. The van der Waals surface area contributed by atoms with E-state index in [0.29, 0.717) is 0 Å². The summed E-state index contributed by atoms with van der Waals surface area (Å²) in [4.78, 5) is 14.3. The third-order valence-electron chi connectivity index (χ3n) is 6.06. The highest BCUT2D eigenvalue weighted by Gasteiger charge is 2.71. The van der Waals surface area contributed by atoms with Crippen LogP contribution in [-0.4, -0.2) is 104 Å². The van der Waals surface area contributed by atoms with Gasteiger partial charge in [-0.05, 0) is 0 Å².